The SMILES string of the molecule is CC(=O)NC(=O)c1ccc(Cl)cc1.NC(=O)CC(=O)c1ccccc1. The number of benzene rings is 2. The van der Waals surface area contributed by atoms with E-state index in [2.05, 4.69) is 5.32 Å². The zero-order valence-electron chi connectivity index (χ0n) is 13.5. The van der Waals surface area contributed by atoms with Crippen molar-refractivity contribution in [1.29, 1.82) is 0 Å². The summed E-state index contributed by atoms with van der Waals surface area (Å²) in [6, 6.07) is 14.9. The molecule has 0 fully saturated rings. The maximum atomic E-state index is 11.2. The molecule has 0 saturated heterocycles. The highest BCUT2D eigenvalue weighted by atomic mass is 35.5. The number of nitrogens with two attached hydrogens (primary N) is 1. The van der Waals surface area contributed by atoms with E-state index >= 15 is 0 Å². The standard InChI is InChI=1S/C9H8ClNO2.C9H9NO2/c1-6(12)11-9(13)7-2-4-8(10)5-3-7;10-9(12)6-8(11)7-4-2-1-3-5-7/h2-5H,1H3,(H,11,12,13);1-5H,6H2,(H2,10,12). The van der Waals surface area contributed by atoms with Gasteiger partial charge >= 0.3 is 0 Å². The van der Waals surface area contributed by atoms with Crippen molar-refractivity contribution in [1.82, 2.24) is 5.32 Å². The van der Waals surface area contributed by atoms with Gasteiger partial charge in [-0.25, -0.2) is 0 Å². The van der Waals surface area contributed by atoms with Gasteiger partial charge in [0.2, 0.25) is 11.8 Å². The van der Waals surface area contributed by atoms with Gasteiger partial charge in [0, 0.05) is 23.1 Å². The number of hydrogen-bond donors (Lipinski definition) is 2. The second kappa shape index (κ2) is 10.00. The molecule has 0 spiro atoms. The van der Waals surface area contributed by atoms with E-state index in [-0.39, 0.29) is 18.1 Å². The molecule has 6 nitrogen and oxygen atoms in total. The van der Waals surface area contributed by atoms with Crippen molar-refractivity contribution in [2.75, 3.05) is 0 Å². The van der Waals surface area contributed by atoms with E-state index in [1.165, 1.54) is 6.92 Å². The van der Waals surface area contributed by atoms with Gasteiger partial charge in [-0.05, 0) is 24.3 Å². The summed E-state index contributed by atoms with van der Waals surface area (Å²) in [7, 11) is 0. The fourth-order valence-electron chi connectivity index (χ4n) is 1.72. The van der Waals surface area contributed by atoms with Crippen LogP contribution in [0.2, 0.25) is 5.02 Å². The number of amides is 3. The fourth-order valence-corrected chi connectivity index (χ4v) is 1.84. The molecule has 0 radical (unpaired) electrons. The van der Waals surface area contributed by atoms with Crippen LogP contribution >= 0.6 is 11.6 Å². The Morgan fingerprint density at radius 3 is 1.96 bits per heavy atom. The molecule has 0 aliphatic carbocycles. The average Bonchev–Trinajstić information content (AvgIpc) is 2.55. The van der Waals surface area contributed by atoms with Crippen LogP contribution in [-0.4, -0.2) is 23.5 Å². The summed E-state index contributed by atoms with van der Waals surface area (Å²) in [5.74, 6) is -1.61. The van der Waals surface area contributed by atoms with Gasteiger partial charge in [0.1, 0.15) is 0 Å². The number of carbonyl (C=O) groups is 4. The molecular formula is C18H17ClN2O4. The minimum atomic E-state index is -0.594. The normalized spacial score (nSPS) is 9.36. The molecule has 0 aliphatic rings. The van der Waals surface area contributed by atoms with Gasteiger partial charge in [-0.2, -0.15) is 0 Å². The summed E-state index contributed by atoms with van der Waals surface area (Å²) >= 11 is 5.62. The third-order valence-electron chi connectivity index (χ3n) is 2.83. The van der Waals surface area contributed by atoms with E-state index in [0.29, 0.717) is 16.1 Å². The second-order valence-electron chi connectivity index (χ2n) is 4.95. The van der Waals surface area contributed by atoms with E-state index in [4.69, 9.17) is 17.3 Å². The Balaban J connectivity index is 0.000000251. The van der Waals surface area contributed by atoms with Gasteiger partial charge in [-0.15, -0.1) is 0 Å². The number of Topliss-reactive ketones (excluding diaryl/α,β-unsaturated/α-hetero) is 1. The van der Waals surface area contributed by atoms with E-state index in [9.17, 15) is 19.2 Å². The molecule has 0 aliphatic heterocycles. The number of carbonyl (C=O) groups excluding carboxylic acids is 4. The molecule has 0 atom stereocenters. The lowest BCUT2D eigenvalue weighted by molar-refractivity contribution is -0.118. The number of hydrogen-bond acceptors (Lipinski definition) is 4. The van der Waals surface area contributed by atoms with Crippen LogP contribution in [-0.2, 0) is 9.59 Å². The van der Waals surface area contributed by atoms with E-state index < -0.39 is 11.8 Å². The Morgan fingerprint density at radius 2 is 1.48 bits per heavy atom. The number of halogens is 1. The van der Waals surface area contributed by atoms with Crippen LogP contribution in [0.3, 0.4) is 0 Å². The highest BCUT2D eigenvalue weighted by Crippen LogP contribution is 2.09. The number of primary amides is 1. The van der Waals surface area contributed by atoms with Crippen LogP contribution in [0.15, 0.2) is 54.6 Å². The van der Waals surface area contributed by atoms with Gasteiger partial charge in [0.05, 0.1) is 6.42 Å². The first-order valence-electron chi connectivity index (χ1n) is 7.23. The van der Waals surface area contributed by atoms with Gasteiger partial charge in [0.25, 0.3) is 5.91 Å². The van der Waals surface area contributed by atoms with Crippen molar-refractivity contribution in [3.05, 3.63) is 70.7 Å². The highest BCUT2D eigenvalue weighted by molar-refractivity contribution is 6.30. The molecule has 7 heteroatoms. The van der Waals surface area contributed by atoms with E-state index in [0.717, 1.165) is 0 Å². The zero-order valence-corrected chi connectivity index (χ0v) is 14.2. The van der Waals surface area contributed by atoms with Crippen molar-refractivity contribution in [3.63, 3.8) is 0 Å². The lowest BCUT2D eigenvalue weighted by Gasteiger charge is -1.99. The Morgan fingerprint density at radius 1 is 0.920 bits per heavy atom. The van der Waals surface area contributed by atoms with Crippen molar-refractivity contribution in [2.24, 2.45) is 5.73 Å². The largest absolute Gasteiger partial charge is 0.369 e. The van der Waals surface area contributed by atoms with E-state index in [1.807, 2.05) is 0 Å². The fraction of sp³-hybridized carbons (Fsp3) is 0.111. The molecule has 130 valence electrons. The number of rotatable bonds is 4. The molecule has 0 heterocycles. The van der Waals surface area contributed by atoms with Crippen molar-refractivity contribution in [2.45, 2.75) is 13.3 Å². The summed E-state index contributed by atoms with van der Waals surface area (Å²) in [5.41, 5.74) is 5.81. The summed E-state index contributed by atoms with van der Waals surface area (Å²) in [6.45, 7) is 1.29. The number of imide groups is 1. The topological polar surface area (TPSA) is 106 Å². The lowest BCUT2D eigenvalue weighted by atomic mass is 10.1. The monoisotopic (exact) mass is 360 g/mol. The van der Waals surface area contributed by atoms with Crippen LogP contribution in [0.4, 0.5) is 0 Å². The van der Waals surface area contributed by atoms with E-state index in [1.54, 1.807) is 54.6 Å². The second-order valence-corrected chi connectivity index (χ2v) is 5.39. The van der Waals surface area contributed by atoms with Crippen molar-refractivity contribution < 1.29 is 19.2 Å². The van der Waals surface area contributed by atoms with Crippen LogP contribution in [0.25, 0.3) is 0 Å². The quantitative estimate of drug-likeness (QED) is 0.644. The molecular weight excluding hydrogens is 344 g/mol. The minimum Gasteiger partial charge on any atom is -0.369 e. The summed E-state index contributed by atoms with van der Waals surface area (Å²) in [6.07, 6.45) is -0.218. The van der Waals surface area contributed by atoms with Crippen LogP contribution in [0.5, 0.6) is 0 Å². The summed E-state index contributed by atoms with van der Waals surface area (Å²) < 4.78 is 0. The molecule has 3 amide bonds. The van der Waals surface area contributed by atoms with Gasteiger partial charge in [-0.3, -0.25) is 24.5 Å². The van der Waals surface area contributed by atoms with Crippen LogP contribution < -0.4 is 11.1 Å². The van der Waals surface area contributed by atoms with Gasteiger partial charge < -0.3 is 5.73 Å². The third kappa shape index (κ3) is 7.90. The molecule has 25 heavy (non-hydrogen) atoms. The maximum absolute atomic E-state index is 11.2. The molecule has 0 aromatic heterocycles. The number of ketones is 1. The van der Waals surface area contributed by atoms with Crippen LogP contribution in [0.1, 0.15) is 34.1 Å². The predicted octanol–water partition coefficient (Wildman–Crippen LogP) is 2.36. The van der Waals surface area contributed by atoms with Gasteiger partial charge in [0.15, 0.2) is 5.78 Å². The minimum absolute atomic E-state index is 0.218. The lowest BCUT2D eigenvalue weighted by Crippen LogP contribution is -2.27. The molecule has 3 N–H and O–H groups in total. The molecule has 2 rings (SSSR count). The predicted molar refractivity (Wildman–Crippen MR) is 94.2 cm³/mol. The molecule has 0 unspecified atom stereocenters. The molecule has 2 aromatic rings. The molecule has 2 aromatic carbocycles. The average molecular weight is 361 g/mol. The third-order valence-corrected chi connectivity index (χ3v) is 3.08. The van der Waals surface area contributed by atoms with Crippen molar-refractivity contribution in [3.8, 4) is 0 Å². The molecule has 0 bridgehead atoms. The first-order valence-corrected chi connectivity index (χ1v) is 7.61. The Labute approximate surface area is 150 Å². The number of nitrogens with one attached hydrogen (secondary N) is 1. The smallest absolute Gasteiger partial charge is 0.257 e. The maximum Gasteiger partial charge on any atom is 0.257 e. The Kier molecular flexibility index (Phi) is 8.02. The first-order chi connectivity index (χ1) is 11.8. The Hall–Kier alpha value is -2.99. The Bertz CT molecular complexity index is 758. The first kappa shape index (κ1) is 20.1. The van der Waals surface area contributed by atoms with Crippen molar-refractivity contribution >= 4 is 35.1 Å². The summed E-state index contributed by atoms with van der Waals surface area (Å²) in [4.78, 5) is 43.3. The van der Waals surface area contributed by atoms with Gasteiger partial charge in [-0.1, -0.05) is 41.9 Å². The summed E-state index contributed by atoms with van der Waals surface area (Å²) in [5, 5.41) is 2.71. The highest BCUT2D eigenvalue weighted by Gasteiger charge is 2.07. The van der Waals surface area contributed by atoms with Crippen LogP contribution in [0, 0.1) is 0 Å². The molecule has 0 saturated carbocycles. The zero-order chi connectivity index (χ0) is 18.8.